The molecule has 1 saturated heterocycles. The van der Waals surface area contributed by atoms with Gasteiger partial charge in [-0.05, 0) is 38.1 Å². The number of nitrogens with two attached hydrogens (primary N) is 1. The van der Waals surface area contributed by atoms with Crippen molar-refractivity contribution in [2.45, 2.75) is 51.1 Å². The van der Waals surface area contributed by atoms with Crippen LogP contribution in [0.15, 0.2) is 6.20 Å². The summed E-state index contributed by atoms with van der Waals surface area (Å²) in [7, 11) is 0. The Balaban J connectivity index is 1.66. The number of fused-ring (bicyclic) bond motifs is 1. The monoisotopic (exact) mass is 266 g/mol. The van der Waals surface area contributed by atoms with Gasteiger partial charge >= 0.3 is 0 Å². The van der Waals surface area contributed by atoms with Crippen molar-refractivity contribution in [3.05, 3.63) is 11.1 Å². The van der Waals surface area contributed by atoms with E-state index in [9.17, 15) is 0 Å². The zero-order chi connectivity index (χ0) is 12.4. The van der Waals surface area contributed by atoms with Crippen molar-refractivity contribution in [3.8, 4) is 0 Å². The summed E-state index contributed by atoms with van der Waals surface area (Å²) in [6.07, 6.45) is 10.5. The number of anilines is 1. The SMILES string of the molecule is NNc1ncc(CN2CCC[C@H]3CCCC[C@H]32)s1. The van der Waals surface area contributed by atoms with E-state index in [2.05, 4.69) is 15.3 Å². The molecule has 2 atom stereocenters. The van der Waals surface area contributed by atoms with Crippen LogP contribution >= 0.6 is 11.3 Å². The van der Waals surface area contributed by atoms with E-state index in [-0.39, 0.29) is 0 Å². The van der Waals surface area contributed by atoms with Gasteiger partial charge in [-0.3, -0.25) is 10.3 Å². The Bertz CT molecular complexity index is 390. The van der Waals surface area contributed by atoms with Gasteiger partial charge in [0.1, 0.15) is 0 Å². The first kappa shape index (κ1) is 12.4. The maximum Gasteiger partial charge on any atom is 0.197 e. The van der Waals surface area contributed by atoms with Crippen LogP contribution in [-0.2, 0) is 6.54 Å². The van der Waals surface area contributed by atoms with Gasteiger partial charge in [0.2, 0.25) is 0 Å². The van der Waals surface area contributed by atoms with E-state index in [1.807, 2.05) is 6.20 Å². The Kier molecular flexibility index (Phi) is 3.82. The molecule has 3 rings (SSSR count). The van der Waals surface area contributed by atoms with Crippen molar-refractivity contribution < 1.29 is 0 Å². The average molecular weight is 266 g/mol. The second kappa shape index (κ2) is 5.55. The molecular weight excluding hydrogens is 244 g/mol. The average Bonchev–Trinajstić information content (AvgIpc) is 2.87. The number of hydrogen-bond acceptors (Lipinski definition) is 5. The fourth-order valence-electron chi connectivity index (χ4n) is 3.57. The van der Waals surface area contributed by atoms with Gasteiger partial charge in [0.25, 0.3) is 0 Å². The molecule has 1 aliphatic heterocycles. The molecule has 1 saturated carbocycles. The molecule has 1 aromatic heterocycles. The van der Waals surface area contributed by atoms with Crippen molar-refractivity contribution in [2.75, 3.05) is 12.0 Å². The molecule has 18 heavy (non-hydrogen) atoms. The number of piperidine rings is 1. The van der Waals surface area contributed by atoms with Crippen LogP contribution in [0.1, 0.15) is 43.4 Å². The molecule has 0 radical (unpaired) electrons. The number of rotatable bonds is 3. The molecule has 0 unspecified atom stereocenters. The first-order chi connectivity index (χ1) is 8.86. The van der Waals surface area contributed by atoms with Crippen LogP contribution in [0, 0.1) is 5.92 Å². The van der Waals surface area contributed by atoms with Crippen molar-refractivity contribution in [2.24, 2.45) is 11.8 Å². The summed E-state index contributed by atoms with van der Waals surface area (Å²) in [5, 5.41) is 0.821. The van der Waals surface area contributed by atoms with E-state index in [1.54, 1.807) is 11.3 Å². The van der Waals surface area contributed by atoms with E-state index in [0.717, 1.165) is 23.6 Å². The summed E-state index contributed by atoms with van der Waals surface area (Å²) in [4.78, 5) is 8.27. The first-order valence-corrected chi connectivity index (χ1v) is 7.84. The first-order valence-electron chi connectivity index (χ1n) is 7.02. The highest BCUT2D eigenvalue weighted by molar-refractivity contribution is 7.15. The van der Waals surface area contributed by atoms with Crippen LogP contribution < -0.4 is 11.3 Å². The lowest BCUT2D eigenvalue weighted by atomic mass is 9.78. The Hall–Kier alpha value is -0.650. The van der Waals surface area contributed by atoms with Crippen molar-refractivity contribution in [1.82, 2.24) is 9.88 Å². The molecule has 5 heteroatoms. The number of thiazole rings is 1. The number of nitrogens with one attached hydrogen (secondary N) is 1. The largest absolute Gasteiger partial charge is 0.300 e. The van der Waals surface area contributed by atoms with Gasteiger partial charge < -0.3 is 0 Å². The Morgan fingerprint density at radius 2 is 2.17 bits per heavy atom. The number of nitrogens with zero attached hydrogens (tertiary/aromatic N) is 2. The molecule has 1 aliphatic carbocycles. The number of nitrogen functional groups attached to an aromatic ring is 1. The van der Waals surface area contributed by atoms with E-state index in [4.69, 9.17) is 5.84 Å². The Labute approximate surface area is 113 Å². The van der Waals surface area contributed by atoms with Crippen LogP contribution in [0.4, 0.5) is 5.13 Å². The van der Waals surface area contributed by atoms with Gasteiger partial charge in [0.15, 0.2) is 5.13 Å². The fourth-order valence-corrected chi connectivity index (χ4v) is 4.32. The minimum atomic E-state index is 0.821. The van der Waals surface area contributed by atoms with E-state index < -0.39 is 0 Å². The summed E-state index contributed by atoms with van der Waals surface area (Å²) in [5.41, 5.74) is 2.63. The molecule has 100 valence electrons. The lowest BCUT2D eigenvalue weighted by molar-refractivity contribution is 0.0554. The second-order valence-electron chi connectivity index (χ2n) is 5.50. The quantitative estimate of drug-likeness (QED) is 0.652. The van der Waals surface area contributed by atoms with Crippen LogP contribution in [0.3, 0.4) is 0 Å². The predicted octanol–water partition coefficient (Wildman–Crippen LogP) is 2.58. The van der Waals surface area contributed by atoms with Crippen molar-refractivity contribution >= 4 is 16.5 Å². The standard InChI is InChI=1S/C13H22N4S/c14-16-13-15-8-11(18-13)9-17-7-3-5-10-4-1-2-6-12(10)17/h8,10,12H,1-7,9,14H2,(H,15,16)/t10-,12-/m1/s1. The highest BCUT2D eigenvalue weighted by Gasteiger charge is 2.33. The summed E-state index contributed by atoms with van der Waals surface area (Å²) >= 11 is 1.68. The number of hydrazine groups is 1. The fraction of sp³-hybridized carbons (Fsp3) is 0.769. The predicted molar refractivity (Wildman–Crippen MR) is 75.3 cm³/mol. The zero-order valence-corrected chi connectivity index (χ0v) is 11.6. The van der Waals surface area contributed by atoms with Gasteiger partial charge in [-0.15, -0.1) is 0 Å². The minimum absolute atomic E-state index is 0.821. The lowest BCUT2D eigenvalue weighted by Crippen LogP contribution is -2.46. The molecule has 1 aromatic rings. The number of hydrogen-bond donors (Lipinski definition) is 2. The van der Waals surface area contributed by atoms with Crippen molar-refractivity contribution in [3.63, 3.8) is 0 Å². The summed E-state index contributed by atoms with van der Waals surface area (Å²) in [5.74, 6) is 6.34. The van der Waals surface area contributed by atoms with Crippen LogP contribution in [-0.4, -0.2) is 22.5 Å². The molecule has 3 N–H and O–H groups in total. The van der Waals surface area contributed by atoms with E-state index in [0.29, 0.717) is 0 Å². The molecule has 2 heterocycles. The summed E-state index contributed by atoms with van der Waals surface area (Å²) in [6, 6.07) is 0.823. The van der Waals surface area contributed by atoms with Crippen LogP contribution in [0.2, 0.25) is 0 Å². The molecular formula is C13H22N4S. The van der Waals surface area contributed by atoms with E-state index in [1.165, 1.54) is 49.9 Å². The summed E-state index contributed by atoms with van der Waals surface area (Å²) in [6.45, 7) is 2.31. The molecule has 0 bridgehead atoms. The van der Waals surface area contributed by atoms with Gasteiger partial charge in [0.05, 0.1) is 0 Å². The molecule has 0 amide bonds. The third-order valence-corrected chi connectivity index (χ3v) is 5.31. The van der Waals surface area contributed by atoms with E-state index >= 15 is 0 Å². The molecule has 0 spiro atoms. The van der Waals surface area contributed by atoms with Crippen LogP contribution in [0.25, 0.3) is 0 Å². The number of likely N-dealkylation sites (tertiary alicyclic amines) is 1. The molecule has 2 fully saturated rings. The van der Waals surface area contributed by atoms with Gasteiger partial charge in [-0.1, -0.05) is 24.2 Å². The smallest absolute Gasteiger partial charge is 0.197 e. The lowest BCUT2D eigenvalue weighted by Gasteiger charge is -2.44. The Morgan fingerprint density at radius 1 is 1.33 bits per heavy atom. The minimum Gasteiger partial charge on any atom is -0.300 e. The third kappa shape index (κ3) is 2.53. The Morgan fingerprint density at radius 3 is 3.00 bits per heavy atom. The highest BCUT2D eigenvalue weighted by Crippen LogP contribution is 2.36. The topological polar surface area (TPSA) is 54.2 Å². The third-order valence-electron chi connectivity index (χ3n) is 4.39. The van der Waals surface area contributed by atoms with Gasteiger partial charge in [0, 0.05) is 23.7 Å². The number of aromatic nitrogens is 1. The molecule has 2 aliphatic rings. The van der Waals surface area contributed by atoms with Gasteiger partial charge in [-0.25, -0.2) is 10.8 Å². The zero-order valence-electron chi connectivity index (χ0n) is 10.8. The van der Waals surface area contributed by atoms with Crippen molar-refractivity contribution in [1.29, 1.82) is 0 Å². The second-order valence-corrected chi connectivity index (χ2v) is 6.62. The summed E-state index contributed by atoms with van der Waals surface area (Å²) < 4.78 is 0. The van der Waals surface area contributed by atoms with Crippen LogP contribution in [0.5, 0.6) is 0 Å². The normalized spacial score (nSPS) is 28.9. The maximum atomic E-state index is 5.39. The molecule has 0 aromatic carbocycles. The highest BCUT2D eigenvalue weighted by atomic mass is 32.1. The molecule has 4 nitrogen and oxygen atoms in total. The maximum absolute atomic E-state index is 5.39. The van der Waals surface area contributed by atoms with Gasteiger partial charge in [-0.2, -0.15) is 0 Å².